The standard InChI is InChI=1S/C16H20O/c1-12(2)11-13-7-3-4-8-14(13)15-9-5-6-10-16(15)17/h3-4,7-8,15H,1,5-6,9-11H2,2H3. The van der Waals surface area contributed by atoms with Crippen molar-refractivity contribution in [3.05, 3.63) is 47.5 Å². The van der Waals surface area contributed by atoms with Crippen molar-refractivity contribution in [1.29, 1.82) is 0 Å². The minimum atomic E-state index is 0.138. The lowest BCUT2D eigenvalue weighted by atomic mass is 9.80. The average molecular weight is 228 g/mol. The van der Waals surface area contributed by atoms with Crippen LogP contribution in [0, 0.1) is 0 Å². The zero-order valence-electron chi connectivity index (χ0n) is 10.5. The van der Waals surface area contributed by atoms with E-state index in [4.69, 9.17) is 0 Å². The van der Waals surface area contributed by atoms with E-state index in [1.54, 1.807) is 0 Å². The van der Waals surface area contributed by atoms with Gasteiger partial charge in [0.15, 0.2) is 0 Å². The van der Waals surface area contributed by atoms with Gasteiger partial charge in [-0.25, -0.2) is 0 Å². The third-order valence-corrected chi connectivity index (χ3v) is 3.48. The van der Waals surface area contributed by atoms with Crippen LogP contribution in [-0.2, 0) is 11.2 Å². The largest absolute Gasteiger partial charge is 0.299 e. The first-order valence-corrected chi connectivity index (χ1v) is 6.43. The quantitative estimate of drug-likeness (QED) is 0.714. The highest BCUT2D eigenvalue weighted by atomic mass is 16.1. The Morgan fingerprint density at radius 1 is 1.35 bits per heavy atom. The third kappa shape index (κ3) is 2.85. The first-order chi connectivity index (χ1) is 8.18. The van der Waals surface area contributed by atoms with Crippen LogP contribution in [0.2, 0.25) is 0 Å². The molecule has 1 aliphatic carbocycles. The smallest absolute Gasteiger partial charge is 0.140 e. The monoisotopic (exact) mass is 228 g/mol. The van der Waals surface area contributed by atoms with E-state index in [2.05, 4.69) is 24.8 Å². The van der Waals surface area contributed by atoms with Crippen LogP contribution >= 0.6 is 0 Å². The van der Waals surface area contributed by atoms with Gasteiger partial charge < -0.3 is 0 Å². The summed E-state index contributed by atoms with van der Waals surface area (Å²) in [4.78, 5) is 12.0. The van der Waals surface area contributed by atoms with Gasteiger partial charge in [-0.05, 0) is 37.3 Å². The maximum absolute atomic E-state index is 12.0. The highest BCUT2D eigenvalue weighted by Gasteiger charge is 2.25. The van der Waals surface area contributed by atoms with E-state index in [-0.39, 0.29) is 5.92 Å². The lowest BCUT2D eigenvalue weighted by molar-refractivity contribution is -0.121. The van der Waals surface area contributed by atoms with Gasteiger partial charge >= 0.3 is 0 Å². The fourth-order valence-corrected chi connectivity index (χ4v) is 2.67. The summed E-state index contributed by atoms with van der Waals surface area (Å²) in [5.74, 6) is 0.560. The summed E-state index contributed by atoms with van der Waals surface area (Å²) >= 11 is 0. The van der Waals surface area contributed by atoms with E-state index in [0.29, 0.717) is 5.78 Å². The molecule has 1 aromatic carbocycles. The first-order valence-electron chi connectivity index (χ1n) is 6.43. The van der Waals surface area contributed by atoms with Crippen molar-refractivity contribution >= 4 is 5.78 Å². The topological polar surface area (TPSA) is 17.1 Å². The molecule has 2 rings (SSSR count). The van der Waals surface area contributed by atoms with Gasteiger partial charge in [-0.2, -0.15) is 0 Å². The molecule has 1 nitrogen and oxygen atoms in total. The summed E-state index contributed by atoms with van der Waals surface area (Å²) in [5, 5.41) is 0. The van der Waals surface area contributed by atoms with Gasteiger partial charge in [-0.1, -0.05) is 42.8 Å². The second kappa shape index (κ2) is 5.31. The molecule has 0 aromatic heterocycles. The zero-order valence-corrected chi connectivity index (χ0v) is 10.5. The Bertz CT molecular complexity index is 431. The summed E-state index contributed by atoms with van der Waals surface area (Å²) in [7, 11) is 0. The van der Waals surface area contributed by atoms with Gasteiger partial charge in [-0.3, -0.25) is 4.79 Å². The maximum Gasteiger partial charge on any atom is 0.140 e. The van der Waals surface area contributed by atoms with E-state index in [1.807, 2.05) is 13.0 Å². The van der Waals surface area contributed by atoms with Crippen molar-refractivity contribution in [1.82, 2.24) is 0 Å². The number of Topliss-reactive ketones (excluding diaryl/α,β-unsaturated/α-hetero) is 1. The second-order valence-electron chi connectivity index (χ2n) is 5.10. The fourth-order valence-electron chi connectivity index (χ4n) is 2.67. The van der Waals surface area contributed by atoms with Crippen LogP contribution in [0.1, 0.15) is 49.7 Å². The van der Waals surface area contributed by atoms with Crippen molar-refractivity contribution in [2.45, 2.75) is 44.9 Å². The van der Waals surface area contributed by atoms with Gasteiger partial charge in [0.1, 0.15) is 5.78 Å². The van der Waals surface area contributed by atoms with Crippen molar-refractivity contribution < 1.29 is 4.79 Å². The number of hydrogen-bond donors (Lipinski definition) is 0. The second-order valence-corrected chi connectivity index (χ2v) is 5.10. The molecule has 90 valence electrons. The third-order valence-electron chi connectivity index (χ3n) is 3.48. The predicted molar refractivity (Wildman–Crippen MR) is 71.2 cm³/mol. The molecule has 1 heteroatoms. The zero-order chi connectivity index (χ0) is 12.3. The summed E-state index contributed by atoms with van der Waals surface area (Å²) in [6.07, 6.45) is 4.91. The molecule has 0 heterocycles. The predicted octanol–water partition coefficient (Wildman–Crippen LogP) is 4.03. The van der Waals surface area contributed by atoms with Gasteiger partial charge in [0.25, 0.3) is 0 Å². The lowest BCUT2D eigenvalue weighted by Gasteiger charge is -2.23. The molecule has 1 fully saturated rings. The van der Waals surface area contributed by atoms with E-state index in [0.717, 1.165) is 31.3 Å². The van der Waals surface area contributed by atoms with Crippen LogP contribution in [0.15, 0.2) is 36.4 Å². The van der Waals surface area contributed by atoms with Gasteiger partial charge in [0.05, 0.1) is 0 Å². The van der Waals surface area contributed by atoms with Crippen LogP contribution in [0.5, 0.6) is 0 Å². The minimum absolute atomic E-state index is 0.138. The Labute approximate surface area is 104 Å². The molecule has 0 radical (unpaired) electrons. The molecule has 0 bridgehead atoms. The molecule has 1 unspecified atom stereocenters. The van der Waals surface area contributed by atoms with E-state index in [1.165, 1.54) is 17.5 Å². The summed E-state index contributed by atoms with van der Waals surface area (Å²) < 4.78 is 0. The molecule has 0 N–H and O–H groups in total. The van der Waals surface area contributed by atoms with E-state index >= 15 is 0 Å². The summed E-state index contributed by atoms with van der Waals surface area (Å²) in [6.45, 7) is 6.01. The van der Waals surface area contributed by atoms with Crippen molar-refractivity contribution in [2.75, 3.05) is 0 Å². The van der Waals surface area contributed by atoms with E-state index < -0.39 is 0 Å². The number of rotatable bonds is 3. The van der Waals surface area contributed by atoms with Crippen LogP contribution in [0.3, 0.4) is 0 Å². The summed E-state index contributed by atoms with van der Waals surface area (Å²) in [6, 6.07) is 8.34. The molecular formula is C16H20O. The van der Waals surface area contributed by atoms with E-state index in [9.17, 15) is 4.79 Å². The molecule has 0 aliphatic heterocycles. The summed E-state index contributed by atoms with van der Waals surface area (Å²) in [5.41, 5.74) is 3.67. The molecule has 1 atom stereocenters. The number of carbonyl (C=O) groups excluding carboxylic acids is 1. The van der Waals surface area contributed by atoms with Crippen molar-refractivity contribution in [3.63, 3.8) is 0 Å². The highest BCUT2D eigenvalue weighted by Crippen LogP contribution is 2.32. The highest BCUT2D eigenvalue weighted by molar-refractivity contribution is 5.86. The van der Waals surface area contributed by atoms with Gasteiger partial charge in [0.2, 0.25) is 0 Å². The minimum Gasteiger partial charge on any atom is -0.299 e. The Morgan fingerprint density at radius 3 is 2.82 bits per heavy atom. The Hall–Kier alpha value is -1.37. The maximum atomic E-state index is 12.0. The molecular weight excluding hydrogens is 208 g/mol. The molecule has 17 heavy (non-hydrogen) atoms. The number of allylic oxidation sites excluding steroid dienone is 1. The molecule has 1 aromatic rings. The molecule has 0 amide bonds. The van der Waals surface area contributed by atoms with Crippen LogP contribution in [0.25, 0.3) is 0 Å². The first kappa shape index (κ1) is 12.1. The van der Waals surface area contributed by atoms with Gasteiger partial charge in [0, 0.05) is 12.3 Å². The van der Waals surface area contributed by atoms with Crippen molar-refractivity contribution in [2.24, 2.45) is 0 Å². The van der Waals surface area contributed by atoms with Crippen LogP contribution in [-0.4, -0.2) is 5.78 Å². The Morgan fingerprint density at radius 2 is 2.12 bits per heavy atom. The Balaban J connectivity index is 2.30. The number of benzene rings is 1. The van der Waals surface area contributed by atoms with Gasteiger partial charge in [-0.15, -0.1) is 0 Å². The number of carbonyl (C=O) groups is 1. The van der Waals surface area contributed by atoms with Crippen LogP contribution < -0.4 is 0 Å². The number of ketones is 1. The Kier molecular flexibility index (Phi) is 3.78. The average Bonchev–Trinajstić information content (AvgIpc) is 2.30. The SMILES string of the molecule is C=C(C)Cc1ccccc1C1CCCCC1=O. The molecule has 0 saturated heterocycles. The normalized spacial score (nSPS) is 20.3. The number of hydrogen-bond acceptors (Lipinski definition) is 1. The molecule has 1 saturated carbocycles. The molecule has 1 aliphatic rings. The van der Waals surface area contributed by atoms with Crippen LogP contribution in [0.4, 0.5) is 0 Å². The molecule has 0 spiro atoms. The fraction of sp³-hybridized carbons (Fsp3) is 0.438. The lowest BCUT2D eigenvalue weighted by Crippen LogP contribution is -2.18. The van der Waals surface area contributed by atoms with Crippen molar-refractivity contribution in [3.8, 4) is 0 Å².